The van der Waals surface area contributed by atoms with Crippen LogP contribution in [0.15, 0.2) is 29.1 Å². The Kier molecular flexibility index (Phi) is 2.69. The van der Waals surface area contributed by atoms with E-state index in [9.17, 15) is 4.79 Å². The molecule has 0 bridgehead atoms. The molecule has 0 aliphatic heterocycles. The molecule has 0 saturated heterocycles. The first-order valence-electron chi connectivity index (χ1n) is 5.33. The van der Waals surface area contributed by atoms with Crippen molar-refractivity contribution in [2.24, 2.45) is 0 Å². The molecule has 0 spiro atoms. The number of rotatable bonds is 2. The summed E-state index contributed by atoms with van der Waals surface area (Å²) in [5.41, 5.74) is 1.64. The van der Waals surface area contributed by atoms with Crippen LogP contribution < -0.4 is 10.3 Å². The van der Waals surface area contributed by atoms with Gasteiger partial charge in [0, 0.05) is 16.5 Å². The molecule has 3 nitrogen and oxygen atoms in total. The third-order valence-electron chi connectivity index (χ3n) is 2.70. The first kappa shape index (κ1) is 10.7. The summed E-state index contributed by atoms with van der Waals surface area (Å²) in [6.07, 6.45) is 0. The molecular formula is C13H15NO2. The average molecular weight is 217 g/mol. The van der Waals surface area contributed by atoms with Gasteiger partial charge in [0.15, 0.2) is 0 Å². The van der Waals surface area contributed by atoms with Gasteiger partial charge in [-0.15, -0.1) is 0 Å². The molecule has 0 atom stereocenters. The second-order valence-electron chi connectivity index (χ2n) is 4.16. The Morgan fingerprint density at radius 2 is 2.00 bits per heavy atom. The van der Waals surface area contributed by atoms with Crippen LogP contribution in [0.3, 0.4) is 0 Å². The predicted molar refractivity (Wildman–Crippen MR) is 65.2 cm³/mol. The Bertz CT molecular complexity index is 570. The van der Waals surface area contributed by atoms with Crippen LogP contribution in [-0.4, -0.2) is 12.1 Å². The van der Waals surface area contributed by atoms with Gasteiger partial charge in [0.2, 0.25) is 0 Å². The summed E-state index contributed by atoms with van der Waals surface area (Å²) >= 11 is 0. The van der Waals surface area contributed by atoms with Crippen LogP contribution in [0, 0.1) is 0 Å². The van der Waals surface area contributed by atoms with Gasteiger partial charge >= 0.3 is 0 Å². The van der Waals surface area contributed by atoms with Gasteiger partial charge in [0.1, 0.15) is 5.75 Å². The summed E-state index contributed by atoms with van der Waals surface area (Å²) in [7, 11) is 1.64. The molecule has 0 aliphatic carbocycles. The van der Waals surface area contributed by atoms with Crippen molar-refractivity contribution in [2.75, 3.05) is 7.11 Å². The highest BCUT2D eigenvalue weighted by Gasteiger charge is 2.06. The minimum absolute atomic E-state index is 0.00679. The molecule has 0 aliphatic rings. The fourth-order valence-electron chi connectivity index (χ4n) is 1.76. The number of ether oxygens (including phenoxy) is 1. The van der Waals surface area contributed by atoms with E-state index in [2.05, 4.69) is 4.98 Å². The van der Waals surface area contributed by atoms with E-state index in [4.69, 9.17) is 4.74 Å². The Balaban J connectivity index is 2.70. The quantitative estimate of drug-likeness (QED) is 0.840. The Labute approximate surface area is 94.1 Å². The lowest BCUT2D eigenvalue weighted by atomic mass is 10.0. The normalized spacial score (nSPS) is 11.0. The smallest absolute Gasteiger partial charge is 0.251 e. The van der Waals surface area contributed by atoms with Gasteiger partial charge in [-0.05, 0) is 30.2 Å². The van der Waals surface area contributed by atoms with Crippen molar-refractivity contribution < 1.29 is 4.74 Å². The number of pyridine rings is 1. The molecule has 1 aromatic heterocycles. The molecule has 1 aromatic carbocycles. The SMILES string of the molecule is COc1ccc2[nH]c(=O)c(C(C)C)cc2c1. The minimum atomic E-state index is -0.00679. The van der Waals surface area contributed by atoms with Crippen molar-refractivity contribution in [3.63, 3.8) is 0 Å². The third-order valence-corrected chi connectivity index (χ3v) is 2.70. The van der Waals surface area contributed by atoms with Crippen LogP contribution in [0.5, 0.6) is 5.75 Å². The van der Waals surface area contributed by atoms with E-state index in [0.717, 1.165) is 22.2 Å². The molecule has 1 heterocycles. The van der Waals surface area contributed by atoms with Gasteiger partial charge in [-0.2, -0.15) is 0 Å². The maximum atomic E-state index is 11.7. The lowest BCUT2D eigenvalue weighted by Gasteiger charge is -2.07. The monoisotopic (exact) mass is 217 g/mol. The van der Waals surface area contributed by atoms with Crippen LogP contribution in [0.2, 0.25) is 0 Å². The van der Waals surface area contributed by atoms with Crippen molar-refractivity contribution in [1.29, 1.82) is 0 Å². The van der Waals surface area contributed by atoms with Crippen molar-refractivity contribution in [3.8, 4) is 5.75 Å². The van der Waals surface area contributed by atoms with E-state index in [0.29, 0.717) is 0 Å². The molecule has 2 aromatic rings. The predicted octanol–water partition coefficient (Wildman–Crippen LogP) is 2.66. The zero-order valence-electron chi connectivity index (χ0n) is 9.70. The summed E-state index contributed by atoms with van der Waals surface area (Å²) in [6, 6.07) is 7.56. The highest BCUT2D eigenvalue weighted by molar-refractivity contribution is 5.80. The second kappa shape index (κ2) is 4.00. The maximum absolute atomic E-state index is 11.7. The number of benzene rings is 1. The maximum Gasteiger partial charge on any atom is 0.251 e. The highest BCUT2D eigenvalue weighted by atomic mass is 16.5. The summed E-state index contributed by atoms with van der Waals surface area (Å²) < 4.78 is 5.16. The Hall–Kier alpha value is -1.77. The van der Waals surface area contributed by atoms with Crippen molar-refractivity contribution in [2.45, 2.75) is 19.8 Å². The zero-order valence-corrected chi connectivity index (χ0v) is 9.70. The van der Waals surface area contributed by atoms with Gasteiger partial charge in [-0.1, -0.05) is 13.8 Å². The molecular weight excluding hydrogens is 202 g/mol. The molecule has 0 saturated carbocycles. The lowest BCUT2D eigenvalue weighted by molar-refractivity contribution is 0.415. The number of fused-ring (bicyclic) bond motifs is 1. The van der Waals surface area contributed by atoms with Crippen LogP contribution in [0.1, 0.15) is 25.3 Å². The van der Waals surface area contributed by atoms with E-state index in [-0.39, 0.29) is 11.5 Å². The number of aromatic nitrogens is 1. The van der Waals surface area contributed by atoms with Crippen molar-refractivity contribution in [3.05, 3.63) is 40.2 Å². The summed E-state index contributed by atoms with van der Waals surface area (Å²) in [4.78, 5) is 14.6. The van der Waals surface area contributed by atoms with Gasteiger partial charge in [-0.3, -0.25) is 4.79 Å². The number of hydrogen-bond donors (Lipinski definition) is 1. The first-order chi connectivity index (χ1) is 7.61. The Morgan fingerprint density at radius 3 is 2.62 bits per heavy atom. The third kappa shape index (κ3) is 1.81. The molecule has 3 heteroatoms. The fourth-order valence-corrected chi connectivity index (χ4v) is 1.76. The number of nitrogens with one attached hydrogen (secondary N) is 1. The summed E-state index contributed by atoms with van der Waals surface area (Å²) in [5, 5.41) is 1.00. The van der Waals surface area contributed by atoms with E-state index in [1.165, 1.54) is 0 Å². The van der Waals surface area contributed by atoms with Gasteiger partial charge < -0.3 is 9.72 Å². The van der Waals surface area contributed by atoms with E-state index < -0.39 is 0 Å². The van der Waals surface area contributed by atoms with Gasteiger partial charge in [-0.25, -0.2) is 0 Å². The molecule has 84 valence electrons. The average Bonchev–Trinajstić information content (AvgIpc) is 2.27. The van der Waals surface area contributed by atoms with E-state index in [1.807, 2.05) is 38.1 Å². The van der Waals surface area contributed by atoms with Gasteiger partial charge in [0.05, 0.1) is 7.11 Å². The van der Waals surface area contributed by atoms with Crippen molar-refractivity contribution >= 4 is 10.9 Å². The molecule has 0 radical (unpaired) electrons. The molecule has 0 amide bonds. The number of H-pyrrole nitrogens is 1. The first-order valence-corrected chi connectivity index (χ1v) is 5.33. The Morgan fingerprint density at radius 1 is 1.25 bits per heavy atom. The molecule has 0 unspecified atom stereocenters. The van der Waals surface area contributed by atoms with E-state index in [1.54, 1.807) is 7.11 Å². The van der Waals surface area contributed by atoms with Gasteiger partial charge in [0.25, 0.3) is 5.56 Å². The molecule has 1 N–H and O–H groups in total. The highest BCUT2D eigenvalue weighted by Crippen LogP contribution is 2.20. The van der Waals surface area contributed by atoms with Crippen LogP contribution in [-0.2, 0) is 0 Å². The van der Waals surface area contributed by atoms with Crippen LogP contribution in [0.25, 0.3) is 10.9 Å². The molecule has 16 heavy (non-hydrogen) atoms. The van der Waals surface area contributed by atoms with Crippen molar-refractivity contribution in [1.82, 2.24) is 4.98 Å². The minimum Gasteiger partial charge on any atom is -0.497 e. The number of hydrogen-bond acceptors (Lipinski definition) is 2. The zero-order chi connectivity index (χ0) is 11.7. The lowest BCUT2D eigenvalue weighted by Crippen LogP contribution is -2.13. The fraction of sp³-hybridized carbons (Fsp3) is 0.308. The van der Waals surface area contributed by atoms with Crippen LogP contribution >= 0.6 is 0 Å². The van der Waals surface area contributed by atoms with E-state index >= 15 is 0 Å². The standard InChI is InChI=1S/C13H15NO2/c1-8(2)11-7-9-6-10(16-3)4-5-12(9)14-13(11)15/h4-8H,1-3H3,(H,14,15). The number of methoxy groups -OCH3 is 1. The topological polar surface area (TPSA) is 42.1 Å². The molecule has 2 rings (SSSR count). The van der Waals surface area contributed by atoms with Crippen LogP contribution in [0.4, 0.5) is 0 Å². The largest absolute Gasteiger partial charge is 0.497 e. The summed E-state index contributed by atoms with van der Waals surface area (Å²) in [5.74, 6) is 1.02. The summed E-state index contributed by atoms with van der Waals surface area (Å²) in [6.45, 7) is 4.02. The second-order valence-corrected chi connectivity index (χ2v) is 4.16. The molecule has 0 fully saturated rings. The number of aromatic amines is 1.